The first-order valence-corrected chi connectivity index (χ1v) is 10.7. The van der Waals surface area contributed by atoms with Crippen LogP contribution in [0.2, 0.25) is 0 Å². The van der Waals surface area contributed by atoms with Crippen molar-refractivity contribution in [2.75, 3.05) is 39.5 Å². The number of ether oxygens (including phenoxy) is 3. The maximum Gasteiger partial charge on any atom is 0.161 e. The summed E-state index contributed by atoms with van der Waals surface area (Å²) >= 11 is 0. The smallest absolute Gasteiger partial charge is 0.161 e. The van der Waals surface area contributed by atoms with E-state index in [1.54, 1.807) is 0 Å². The first-order valence-electron chi connectivity index (χ1n) is 10.7. The van der Waals surface area contributed by atoms with Gasteiger partial charge in [0, 0.05) is 6.42 Å². The van der Waals surface area contributed by atoms with Gasteiger partial charge in [-0.2, -0.15) is 0 Å². The average Bonchev–Trinajstić information content (AvgIpc) is 2.71. The Bertz CT molecular complexity index is 715. The molecule has 1 fully saturated rings. The normalized spacial score (nSPS) is 25.6. The van der Waals surface area contributed by atoms with Crippen LogP contribution in [0.1, 0.15) is 32.3 Å². The molecule has 1 heterocycles. The van der Waals surface area contributed by atoms with Crippen molar-refractivity contribution in [3.05, 3.63) is 35.4 Å². The van der Waals surface area contributed by atoms with Crippen molar-refractivity contribution in [3.8, 4) is 11.5 Å². The topological polar surface area (TPSA) is 64.5 Å². The molecule has 5 heteroatoms. The van der Waals surface area contributed by atoms with E-state index in [2.05, 4.69) is 37.4 Å². The Morgan fingerprint density at radius 2 is 2.07 bits per heavy atom. The third-order valence-electron chi connectivity index (χ3n) is 6.84. The summed E-state index contributed by atoms with van der Waals surface area (Å²) in [7, 11) is 0. The number of rotatable bonds is 9. The van der Waals surface area contributed by atoms with Crippen LogP contribution in [0.15, 0.2) is 29.8 Å². The summed E-state index contributed by atoms with van der Waals surface area (Å²) in [6.07, 6.45) is 5.40. The molecular formula is C23H34NO4+. The fraction of sp³-hybridized carbons (Fsp3) is 0.652. The molecule has 0 saturated heterocycles. The van der Waals surface area contributed by atoms with Crippen LogP contribution in [-0.2, 0) is 11.2 Å². The summed E-state index contributed by atoms with van der Waals surface area (Å²) in [5, 5.41) is 12.4. The summed E-state index contributed by atoms with van der Waals surface area (Å²) in [5.41, 5.74) is 3.12. The predicted octanol–water partition coefficient (Wildman–Crippen LogP) is 1.93. The van der Waals surface area contributed by atoms with E-state index in [4.69, 9.17) is 14.2 Å². The number of hydrogen-bond acceptors (Lipinski definition) is 4. The van der Waals surface area contributed by atoms with E-state index in [1.807, 2.05) is 6.07 Å². The molecule has 4 aliphatic rings. The van der Waals surface area contributed by atoms with Gasteiger partial charge in [0.05, 0.1) is 19.8 Å². The van der Waals surface area contributed by atoms with Crippen LogP contribution in [0.25, 0.3) is 0 Å². The molecule has 5 rings (SSSR count). The minimum Gasteiger partial charge on any atom is -0.486 e. The summed E-state index contributed by atoms with van der Waals surface area (Å²) in [5.74, 6) is 3.22. The fourth-order valence-corrected chi connectivity index (χ4v) is 4.84. The third-order valence-corrected chi connectivity index (χ3v) is 6.84. The van der Waals surface area contributed by atoms with Crippen molar-refractivity contribution in [1.82, 2.24) is 0 Å². The lowest BCUT2D eigenvalue weighted by molar-refractivity contribution is -0.660. The summed E-state index contributed by atoms with van der Waals surface area (Å²) < 4.78 is 17.0. The molecule has 1 aliphatic heterocycles. The zero-order valence-electron chi connectivity index (χ0n) is 17.2. The van der Waals surface area contributed by atoms with E-state index in [1.165, 1.54) is 24.0 Å². The molecule has 0 radical (unpaired) electrons. The van der Waals surface area contributed by atoms with Gasteiger partial charge < -0.3 is 24.6 Å². The predicted molar refractivity (Wildman–Crippen MR) is 108 cm³/mol. The van der Waals surface area contributed by atoms with Gasteiger partial charge in [-0.05, 0) is 53.4 Å². The average molecular weight is 389 g/mol. The standard InChI is InChI=1S/C23H33NO4/c1-23(2)18-5-4-17(20(23)12-18)14-26-15-19(25)13-24-8-7-16-3-6-21-22(11-16)28-10-9-27-21/h3-4,6,11,18-20,24-25H,5,7-10,12-15H2,1-2H3/p+1/t18-,19+,20-/m1/s1. The molecule has 3 N–H and O–H groups in total. The van der Waals surface area contributed by atoms with Gasteiger partial charge in [0.1, 0.15) is 25.9 Å². The lowest BCUT2D eigenvalue weighted by atomic mass is 9.49. The number of benzene rings is 1. The number of fused-ring (bicyclic) bond motifs is 2. The molecule has 0 unspecified atom stereocenters. The highest BCUT2D eigenvalue weighted by Crippen LogP contribution is 2.59. The summed E-state index contributed by atoms with van der Waals surface area (Å²) in [6, 6.07) is 6.13. The van der Waals surface area contributed by atoms with E-state index in [0.29, 0.717) is 44.3 Å². The molecule has 3 aliphatic carbocycles. The number of nitrogens with two attached hydrogens (primary N) is 1. The molecule has 0 amide bonds. The van der Waals surface area contributed by atoms with E-state index in [0.717, 1.165) is 30.4 Å². The molecule has 1 aromatic carbocycles. The van der Waals surface area contributed by atoms with Gasteiger partial charge in [0.15, 0.2) is 11.5 Å². The molecule has 5 nitrogen and oxygen atoms in total. The Labute approximate surface area is 168 Å². The van der Waals surface area contributed by atoms with Crippen LogP contribution >= 0.6 is 0 Å². The lowest BCUT2D eigenvalue weighted by Gasteiger charge is -2.56. The zero-order valence-corrected chi connectivity index (χ0v) is 17.2. The summed E-state index contributed by atoms with van der Waals surface area (Å²) in [4.78, 5) is 0. The molecule has 3 atom stereocenters. The van der Waals surface area contributed by atoms with Crippen LogP contribution in [0, 0.1) is 17.3 Å². The zero-order chi connectivity index (χ0) is 19.6. The first-order chi connectivity index (χ1) is 13.5. The van der Waals surface area contributed by atoms with Gasteiger partial charge in [-0.15, -0.1) is 0 Å². The second kappa shape index (κ2) is 8.44. The minimum absolute atomic E-state index is 0.411. The maximum absolute atomic E-state index is 10.2. The van der Waals surface area contributed by atoms with Crippen molar-refractivity contribution in [3.63, 3.8) is 0 Å². The minimum atomic E-state index is -0.424. The SMILES string of the molecule is CC1(C)[C@@H]2CC=C(COC[C@@H](O)C[NH2+]CCc3ccc4c(c3)OCCO4)[C@H]1C2. The monoisotopic (exact) mass is 388 g/mol. The number of aliphatic hydroxyl groups is 1. The Morgan fingerprint density at radius 1 is 1.25 bits per heavy atom. The molecule has 1 aromatic rings. The van der Waals surface area contributed by atoms with E-state index < -0.39 is 6.10 Å². The largest absolute Gasteiger partial charge is 0.486 e. The van der Waals surface area contributed by atoms with Crippen molar-refractivity contribution in [2.45, 2.75) is 39.2 Å². The van der Waals surface area contributed by atoms with Crippen LogP contribution in [0.3, 0.4) is 0 Å². The van der Waals surface area contributed by atoms with Gasteiger partial charge >= 0.3 is 0 Å². The van der Waals surface area contributed by atoms with Gasteiger partial charge in [-0.1, -0.05) is 26.0 Å². The Hall–Kier alpha value is -1.56. The van der Waals surface area contributed by atoms with Crippen LogP contribution in [-0.4, -0.2) is 50.7 Å². The molecule has 28 heavy (non-hydrogen) atoms. The molecular weight excluding hydrogens is 354 g/mol. The van der Waals surface area contributed by atoms with E-state index in [-0.39, 0.29) is 0 Å². The van der Waals surface area contributed by atoms with Gasteiger partial charge in [-0.3, -0.25) is 0 Å². The van der Waals surface area contributed by atoms with Crippen LogP contribution < -0.4 is 14.8 Å². The molecule has 154 valence electrons. The molecule has 0 aromatic heterocycles. The first kappa shape index (κ1) is 19.7. The highest BCUT2D eigenvalue weighted by Gasteiger charge is 2.50. The third kappa shape index (κ3) is 4.22. The second-order valence-electron chi connectivity index (χ2n) is 9.03. The van der Waals surface area contributed by atoms with Crippen molar-refractivity contribution < 1.29 is 24.6 Å². The number of aliphatic hydroxyl groups excluding tert-OH is 1. The number of quaternary nitrogens is 1. The van der Waals surface area contributed by atoms with Crippen molar-refractivity contribution >= 4 is 0 Å². The summed E-state index contributed by atoms with van der Waals surface area (Å²) in [6.45, 7) is 8.68. The van der Waals surface area contributed by atoms with Gasteiger partial charge in [0.25, 0.3) is 0 Å². The maximum atomic E-state index is 10.2. The Balaban J connectivity index is 1.11. The molecule has 1 saturated carbocycles. The highest BCUT2D eigenvalue weighted by atomic mass is 16.6. The highest BCUT2D eigenvalue weighted by molar-refractivity contribution is 5.43. The lowest BCUT2D eigenvalue weighted by Crippen LogP contribution is -2.87. The van der Waals surface area contributed by atoms with Crippen LogP contribution in [0.5, 0.6) is 11.5 Å². The van der Waals surface area contributed by atoms with Gasteiger partial charge in [-0.25, -0.2) is 0 Å². The van der Waals surface area contributed by atoms with Crippen molar-refractivity contribution in [1.29, 1.82) is 0 Å². The molecule has 2 bridgehead atoms. The quantitative estimate of drug-likeness (QED) is 0.501. The van der Waals surface area contributed by atoms with Crippen molar-refractivity contribution in [2.24, 2.45) is 17.3 Å². The Kier molecular flexibility index (Phi) is 5.95. The van der Waals surface area contributed by atoms with E-state index in [9.17, 15) is 5.11 Å². The second-order valence-corrected chi connectivity index (χ2v) is 9.03. The number of allylic oxidation sites excluding steroid dienone is 1. The van der Waals surface area contributed by atoms with E-state index >= 15 is 0 Å². The fourth-order valence-electron chi connectivity index (χ4n) is 4.84. The van der Waals surface area contributed by atoms with Gasteiger partial charge in [0.2, 0.25) is 0 Å². The van der Waals surface area contributed by atoms with Crippen LogP contribution in [0.4, 0.5) is 0 Å². The molecule has 0 spiro atoms. The Morgan fingerprint density at radius 3 is 2.86 bits per heavy atom. The number of hydrogen-bond donors (Lipinski definition) is 2.